The topological polar surface area (TPSA) is 104 Å². The van der Waals surface area contributed by atoms with Crippen LogP contribution in [0.4, 0.5) is 5.82 Å². The number of hydrogen-bond acceptors (Lipinski definition) is 5. The van der Waals surface area contributed by atoms with E-state index in [0.717, 1.165) is 45.2 Å². The predicted molar refractivity (Wildman–Crippen MR) is 129 cm³/mol. The summed E-state index contributed by atoms with van der Waals surface area (Å²) in [6.45, 7) is 5.98. The Balaban J connectivity index is 0.000000186. The number of benzene rings is 2. The van der Waals surface area contributed by atoms with E-state index in [2.05, 4.69) is 44.6 Å². The highest BCUT2D eigenvalue weighted by Gasteiger charge is 2.08. The Morgan fingerprint density at radius 3 is 2.12 bits per heavy atom. The molecule has 4 rings (SSSR count). The number of anilines is 1. The number of carbonyl (C=O) groups is 2. The molecule has 0 atom stereocenters. The van der Waals surface area contributed by atoms with Crippen LogP contribution >= 0.6 is 15.9 Å². The molecule has 0 amide bonds. The Kier molecular flexibility index (Phi) is 7.37. The second-order valence-corrected chi connectivity index (χ2v) is 7.74. The van der Waals surface area contributed by atoms with Gasteiger partial charge < -0.3 is 15.1 Å². The molecule has 0 aliphatic rings. The van der Waals surface area contributed by atoms with Crippen LogP contribution < -0.4 is 4.90 Å². The molecule has 2 aromatic carbocycles. The zero-order valence-corrected chi connectivity index (χ0v) is 19.2. The molecule has 0 radical (unpaired) electrons. The van der Waals surface area contributed by atoms with Gasteiger partial charge in [-0.1, -0.05) is 15.9 Å². The summed E-state index contributed by atoms with van der Waals surface area (Å²) in [5, 5.41) is 19.4. The average Bonchev–Trinajstić information content (AvgIpc) is 2.80. The van der Waals surface area contributed by atoms with Gasteiger partial charge in [-0.05, 0) is 68.4 Å². The van der Waals surface area contributed by atoms with Gasteiger partial charge in [-0.3, -0.25) is 4.98 Å². The maximum atomic E-state index is 10.9. The second-order valence-electron chi connectivity index (χ2n) is 6.88. The van der Waals surface area contributed by atoms with E-state index in [0.29, 0.717) is 5.56 Å². The van der Waals surface area contributed by atoms with Crippen LogP contribution in [0.1, 0.15) is 34.6 Å². The molecule has 164 valence electrons. The van der Waals surface area contributed by atoms with Crippen LogP contribution in [0.15, 0.2) is 65.3 Å². The summed E-state index contributed by atoms with van der Waals surface area (Å²) in [6, 6.07) is 15.5. The fraction of sp³-hybridized carbons (Fsp3) is 0.167. The minimum Gasteiger partial charge on any atom is -0.478 e. The van der Waals surface area contributed by atoms with Crippen LogP contribution in [-0.2, 0) is 0 Å². The molecule has 7 nitrogen and oxygen atoms in total. The fourth-order valence-corrected chi connectivity index (χ4v) is 3.65. The first kappa shape index (κ1) is 23.1. The molecule has 2 aromatic heterocycles. The first-order valence-electron chi connectivity index (χ1n) is 10.0. The molecule has 32 heavy (non-hydrogen) atoms. The molecule has 2 N–H and O–H groups in total. The number of pyridine rings is 2. The van der Waals surface area contributed by atoms with Crippen molar-refractivity contribution < 1.29 is 19.8 Å². The van der Waals surface area contributed by atoms with Crippen molar-refractivity contribution in [1.82, 2.24) is 9.97 Å². The van der Waals surface area contributed by atoms with Crippen LogP contribution in [0, 0.1) is 0 Å². The maximum absolute atomic E-state index is 10.9. The molecular formula is C24H22BrN3O4. The summed E-state index contributed by atoms with van der Waals surface area (Å²) in [6.07, 6.45) is 1.67. The SMILES string of the molecule is CCN(CC)c1ccc2cc(C(=O)O)ccc2n1.O=C(O)c1ccc2nccc(Br)c2c1. The second kappa shape index (κ2) is 10.2. The van der Waals surface area contributed by atoms with Gasteiger partial charge in [-0.15, -0.1) is 0 Å². The number of aromatic carboxylic acids is 2. The molecule has 0 saturated carbocycles. The van der Waals surface area contributed by atoms with Gasteiger partial charge in [0.2, 0.25) is 0 Å². The van der Waals surface area contributed by atoms with Crippen LogP contribution in [0.25, 0.3) is 21.8 Å². The van der Waals surface area contributed by atoms with Crippen molar-refractivity contribution in [2.45, 2.75) is 13.8 Å². The summed E-state index contributed by atoms with van der Waals surface area (Å²) in [5.74, 6) is -0.914. The number of hydrogen-bond donors (Lipinski definition) is 2. The smallest absolute Gasteiger partial charge is 0.335 e. The van der Waals surface area contributed by atoms with Gasteiger partial charge in [0.25, 0.3) is 0 Å². The lowest BCUT2D eigenvalue weighted by Crippen LogP contribution is -2.22. The number of nitrogens with zero attached hydrogens (tertiary/aromatic N) is 3. The summed E-state index contributed by atoms with van der Waals surface area (Å²) >= 11 is 3.35. The summed E-state index contributed by atoms with van der Waals surface area (Å²) in [5.41, 5.74) is 2.17. The Hall–Kier alpha value is -3.52. The number of rotatable bonds is 5. The number of aromatic nitrogens is 2. The maximum Gasteiger partial charge on any atom is 0.335 e. The van der Waals surface area contributed by atoms with Crippen molar-refractivity contribution in [1.29, 1.82) is 0 Å². The molecule has 0 saturated heterocycles. The standard InChI is InChI=1S/C14H16N2O2.C10H6BrNO2/c1-3-16(4-2)13-8-6-10-9-11(14(17)18)5-7-12(10)15-13;11-8-3-4-12-9-2-1-6(10(13)14)5-7(8)9/h5-9H,3-4H2,1-2H3,(H,17,18);1-5H,(H,13,14). The van der Waals surface area contributed by atoms with E-state index in [4.69, 9.17) is 10.2 Å². The van der Waals surface area contributed by atoms with Gasteiger partial charge in [0.15, 0.2) is 0 Å². The van der Waals surface area contributed by atoms with Gasteiger partial charge in [0.1, 0.15) is 5.82 Å². The van der Waals surface area contributed by atoms with Gasteiger partial charge in [-0.25, -0.2) is 14.6 Å². The summed E-state index contributed by atoms with van der Waals surface area (Å²) in [7, 11) is 0. The largest absolute Gasteiger partial charge is 0.478 e. The molecule has 2 heterocycles. The lowest BCUT2D eigenvalue weighted by Gasteiger charge is -2.19. The van der Waals surface area contributed by atoms with Crippen LogP contribution in [-0.4, -0.2) is 45.2 Å². The Labute approximate surface area is 193 Å². The van der Waals surface area contributed by atoms with Crippen molar-refractivity contribution in [2.75, 3.05) is 18.0 Å². The quantitative estimate of drug-likeness (QED) is 0.377. The predicted octanol–water partition coefficient (Wildman–Crippen LogP) is 5.47. The van der Waals surface area contributed by atoms with E-state index in [1.165, 1.54) is 0 Å². The Morgan fingerprint density at radius 2 is 1.50 bits per heavy atom. The van der Waals surface area contributed by atoms with Gasteiger partial charge in [0.05, 0.1) is 22.2 Å². The monoisotopic (exact) mass is 495 g/mol. The van der Waals surface area contributed by atoms with E-state index in [9.17, 15) is 9.59 Å². The molecule has 8 heteroatoms. The summed E-state index contributed by atoms with van der Waals surface area (Å²) in [4.78, 5) is 32.4. The number of halogens is 1. The normalized spacial score (nSPS) is 10.5. The van der Waals surface area contributed by atoms with E-state index in [-0.39, 0.29) is 5.56 Å². The van der Waals surface area contributed by atoms with E-state index in [1.54, 1.807) is 48.7 Å². The number of carboxylic acids is 2. The molecule has 0 bridgehead atoms. The molecule has 0 spiro atoms. The van der Waals surface area contributed by atoms with Crippen molar-refractivity contribution in [3.63, 3.8) is 0 Å². The lowest BCUT2D eigenvalue weighted by molar-refractivity contribution is 0.0686. The van der Waals surface area contributed by atoms with E-state index in [1.807, 2.05) is 12.1 Å². The van der Waals surface area contributed by atoms with Crippen LogP contribution in [0.3, 0.4) is 0 Å². The highest BCUT2D eigenvalue weighted by molar-refractivity contribution is 9.10. The molecule has 0 unspecified atom stereocenters. The zero-order chi connectivity index (χ0) is 23.3. The lowest BCUT2D eigenvalue weighted by atomic mass is 10.1. The first-order chi connectivity index (χ1) is 15.3. The third kappa shape index (κ3) is 5.20. The van der Waals surface area contributed by atoms with Crippen molar-refractivity contribution in [2.24, 2.45) is 0 Å². The number of carboxylic acid groups (broad SMARTS) is 2. The average molecular weight is 496 g/mol. The third-order valence-corrected chi connectivity index (χ3v) is 5.64. The highest BCUT2D eigenvalue weighted by atomic mass is 79.9. The molecule has 0 aliphatic carbocycles. The molecule has 0 aliphatic heterocycles. The van der Waals surface area contributed by atoms with Crippen molar-refractivity contribution in [3.8, 4) is 0 Å². The van der Waals surface area contributed by atoms with Gasteiger partial charge in [-0.2, -0.15) is 0 Å². The highest BCUT2D eigenvalue weighted by Crippen LogP contribution is 2.23. The van der Waals surface area contributed by atoms with Gasteiger partial charge >= 0.3 is 11.9 Å². The third-order valence-electron chi connectivity index (χ3n) is 4.94. The van der Waals surface area contributed by atoms with E-state index < -0.39 is 11.9 Å². The molecular weight excluding hydrogens is 474 g/mol. The number of fused-ring (bicyclic) bond motifs is 2. The van der Waals surface area contributed by atoms with E-state index >= 15 is 0 Å². The fourth-order valence-electron chi connectivity index (χ4n) is 3.22. The Bertz CT molecular complexity index is 1290. The Morgan fingerprint density at radius 1 is 0.875 bits per heavy atom. The van der Waals surface area contributed by atoms with Crippen LogP contribution in [0.5, 0.6) is 0 Å². The van der Waals surface area contributed by atoms with Crippen molar-refractivity contribution >= 4 is 55.5 Å². The summed E-state index contributed by atoms with van der Waals surface area (Å²) < 4.78 is 0.852. The minimum atomic E-state index is -0.928. The van der Waals surface area contributed by atoms with Crippen molar-refractivity contribution in [3.05, 3.63) is 76.4 Å². The van der Waals surface area contributed by atoms with Crippen LogP contribution in [0.2, 0.25) is 0 Å². The zero-order valence-electron chi connectivity index (χ0n) is 17.6. The molecule has 4 aromatic rings. The first-order valence-corrected chi connectivity index (χ1v) is 10.8. The minimum absolute atomic E-state index is 0.270. The van der Waals surface area contributed by atoms with Gasteiger partial charge in [0, 0.05) is 34.5 Å². The molecule has 0 fully saturated rings.